The number of nitrogens with one attached hydrogen (secondary N) is 3. The van der Waals surface area contributed by atoms with Gasteiger partial charge in [0.15, 0.2) is 5.82 Å². The van der Waals surface area contributed by atoms with E-state index in [1.54, 1.807) is 0 Å². The summed E-state index contributed by atoms with van der Waals surface area (Å²) in [5.74, 6) is -2.43. The fraction of sp³-hybridized carbons (Fsp3) is 0.0588. The van der Waals surface area contributed by atoms with Gasteiger partial charge in [-0.15, -0.1) is 0 Å². The van der Waals surface area contributed by atoms with Gasteiger partial charge in [0, 0.05) is 12.3 Å². The topological polar surface area (TPSA) is 178 Å². The molecule has 17 heteroatoms. The normalized spacial score (nSPS) is 10.9. The Hall–Kier alpha value is -4.60. The van der Waals surface area contributed by atoms with Gasteiger partial charge in [-0.05, 0) is 12.1 Å². The fourth-order valence-corrected chi connectivity index (χ4v) is 2.75. The molecule has 0 atom stereocenters. The van der Waals surface area contributed by atoms with Crippen molar-refractivity contribution in [2.45, 2.75) is 6.18 Å². The van der Waals surface area contributed by atoms with Crippen LogP contribution >= 0.6 is 11.6 Å². The molecule has 2 aromatic heterocycles. The summed E-state index contributed by atoms with van der Waals surface area (Å²) in [6, 6.07) is 5.53. The molecule has 176 valence electrons. The lowest BCUT2D eigenvalue weighted by Crippen LogP contribution is -2.30. The average Bonchev–Trinajstić information content (AvgIpc) is 2.77. The monoisotopic (exact) mass is 498 g/mol. The number of anilines is 3. The van der Waals surface area contributed by atoms with Gasteiger partial charge in [-0.25, -0.2) is 15.0 Å². The maximum Gasteiger partial charge on any atom is 0.417 e. The first-order chi connectivity index (χ1) is 16.0. The first-order valence-electron chi connectivity index (χ1n) is 8.78. The molecule has 3 N–H and O–H groups in total. The second kappa shape index (κ2) is 9.49. The summed E-state index contributed by atoms with van der Waals surface area (Å²) in [6.45, 7) is 0. The third-order valence-electron chi connectivity index (χ3n) is 4.05. The van der Waals surface area contributed by atoms with Crippen LogP contribution in [0.25, 0.3) is 0 Å². The van der Waals surface area contributed by atoms with E-state index in [2.05, 4.69) is 25.7 Å². The van der Waals surface area contributed by atoms with Crippen molar-refractivity contribution in [2.75, 3.05) is 10.7 Å². The van der Waals surface area contributed by atoms with Crippen molar-refractivity contribution >= 4 is 46.3 Å². The number of hydrogen-bond donors (Lipinski definition) is 3. The molecule has 0 aliphatic carbocycles. The van der Waals surface area contributed by atoms with Gasteiger partial charge in [0.25, 0.3) is 11.6 Å². The molecule has 2 heterocycles. The highest BCUT2D eigenvalue weighted by molar-refractivity contribution is 6.33. The van der Waals surface area contributed by atoms with Crippen molar-refractivity contribution in [1.29, 1.82) is 0 Å². The number of hydrazine groups is 1. The number of nitro benzene ring substituents is 1. The second-order valence-corrected chi connectivity index (χ2v) is 6.61. The van der Waals surface area contributed by atoms with E-state index in [1.165, 1.54) is 12.1 Å². The first kappa shape index (κ1) is 24.1. The number of nitrogens with zero attached hydrogens (tertiary/aromatic N) is 5. The van der Waals surface area contributed by atoms with E-state index in [0.717, 1.165) is 18.5 Å². The number of halogens is 4. The number of amides is 1. The van der Waals surface area contributed by atoms with E-state index in [-0.39, 0.29) is 11.4 Å². The number of carbonyl (C=O) groups excluding carboxylic acids is 1. The molecule has 1 amide bonds. The Balaban J connectivity index is 1.87. The maximum atomic E-state index is 12.8. The Morgan fingerprint density at radius 3 is 2.29 bits per heavy atom. The van der Waals surface area contributed by atoms with Crippen molar-refractivity contribution in [3.05, 3.63) is 79.2 Å². The lowest BCUT2D eigenvalue weighted by molar-refractivity contribution is -0.385. The Morgan fingerprint density at radius 2 is 1.68 bits per heavy atom. The van der Waals surface area contributed by atoms with Crippen LogP contribution in [0.1, 0.15) is 15.9 Å². The number of carbonyl (C=O) groups is 1. The molecule has 1 aromatic carbocycles. The molecule has 0 unspecified atom stereocenters. The molecule has 13 nitrogen and oxygen atoms in total. The largest absolute Gasteiger partial charge is 0.417 e. The van der Waals surface area contributed by atoms with Gasteiger partial charge in [0.2, 0.25) is 11.6 Å². The number of para-hydroxylation sites is 1. The van der Waals surface area contributed by atoms with Gasteiger partial charge < -0.3 is 5.32 Å². The molecule has 0 saturated heterocycles. The predicted molar refractivity (Wildman–Crippen MR) is 110 cm³/mol. The molecule has 3 aromatic rings. The molecule has 3 rings (SSSR count). The van der Waals surface area contributed by atoms with E-state index in [1.807, 2.05) is 5.43 Å². The summed E-state index contributed by atoms with van der Waals surface area (Å²) >= 11 is 5.80. The molecule has 0 aliphatic rings. The highest BCUT2D eigenvalue weighted by Crippen LogP contribution is 2.35. The van der Waals surface area contributed by atoms with Gasteiger partial charge in [0.05, 0.1) is 20.4 Å². The lowest BCUT2D eigenvalue weighted by atomic mass is 10.2. The first-order valence-corrected chi connectivity index (χ1v) is 9.15. The van der Waals surface area contributed by atoms with Crippen LogP contribution in [-0.4, -0.2) is 30.7 Å². The quantitative estimate of drug-likeness (QED) is 0.320. The molecule has 0 aliphatic heterocycles. The Bertz CT molecular complexity index is 1290. The number of benzene rings is 1. The van der Waals surface area contributed by atoms with Gasteiger partial charge in [-0.2, -0.15) is 13.2 Å². The Morgan fingerprint density at radius 1 is 1.00 bits per heavy atom. The number of nitro groups is 2. The van der Waals surface area contributed by atoms with Gasteiger partial charge in [-0.3, -0.25) is 35.9 Å². The number of pyridine rings is 1. The molecule has 34 heavy (non-hydrogen) atoms. The standard InChI is InChI=1S/C17H10ClF3N8O5/c18-10-5-8(17(19,20)21)6-22-13(10)25-14-12(29(33)34)15(24-7-23-14)26-27-16(30)9-3-1-2-4-11(9)28(31)32/h1-7H,(H,27,30)(H2,22,23,24,25,26). The van der Waals surface area contributed by atoms with Crippen molar-refractivity contribution in [3.63, 3.8) is 0 Å². The predicted octanol–water partition coefficient (Wildman–Crippen LogP) is 3.86. The van der Waals surface area contributed by atoms with Crippen LogP contribution in [0.2, 0.25) is 5.02 Å². The summed E-state index contributed by atoms with van der Waals surface area (Å²) < 4.78 is 38.3. The molecule has 0 saturated carbocycles. The van der Waals surface area contributed by atoms with E-state index >= 15 is 0 Å². The minimum absolute atomic E-state index is 0.337. The van der Waals surface area contributed by atoms with E-state index in [4.69, 9.17) is 11.6 Å². The third kappa shape index (κ3) is 5.23. The molecular weight excluding hydrogens is 489 g/mol. The molecule has 0 fully saturated rings. The SMILES string of the molecule is O=C(NNc1ncnc(Nc2ncc(C(F)(F)F)cc2Cl)c1[N+](=O)[O-])c1ccccc1[N+](=O)[O-]. The van der Waals surface area contributed by atoms with E-state index in [9.17, 15) is 38.2 Å². The number of hydrogen-bond acceptors (Lipinski definition) is 10. The van der Waals surface area contributed by atoms with Crippen LogP contribution in [0.15, 0.2) is 42.9 Å². The zero-order chi connectivity index (χ0) is 25.0. The van der Waals surface area contributed by atoms with Crippen molar-refractivity contribution in [2.24, 2.45) is 0 Å². The number of rotatable bonds is 7. The number of alkyl halides is 3. The smallest absolute Gasteiger partial charge is 0.318 e. The van der Waals surface area contributed by atoms with Crippen LogP contribution in [-0.2, 0) is 6.18 Å². The molecule has 0 radical (unpaired) electrons. The van der Waals surface area contributed by atoms with Crippen molar-refractivity contribution < 1.29 is 27.8 Å². The van der Waals surface area contributed by atoms with Gasteiger partial charge in [0.1, 0.15) is 11.9 Å². The summed E-state index contributed by atoms with van der Waals surface area (Å²) in [5.41, 5.74) is 1.41. The average molecular weight is 499 g/mol. The fourth-order valence-electron chi connectivity index (χ4n) is 2.54. The Labute approximate surface area is 191 Å². The third-order valence-corrected chi connectivity index (χ3v) is 4.34. The Kier molecular flexibility index (Phi) is 6.71. The van der Waals surface area contributed by atoms with Crippen LogP contribution in [0.3, 0.4) is 0 Å². The van der Waals surface area contributed by atoms with Crippen molar-refractivity contribution in [3.8, 4) is 0 Å². The van der Waals surface area contributed by atoms with Crippen LogP contribution in [0.4, 0.5) is 42.0 Å². The minimum atomic E-state index is -4.71. The van der Waals surface area contributed by atoms with Crippen LogP contribution < -0.4 is 16.2 Å². The highest BCUT2D eigenvalue weighted by Gasteiger charge is 2.32. The zero-order valence-corrected chi connectivity index (χ0v) is 17.1. The summed E-state index contributed by atoms with van der Waals surface area (Å²) in [5, 5.41) is 24.5. The lowest BCUT2D eigenvalue weighted by Gasteiger charge is -2.12. The number of aromatic nitrogens is 3. The van der Waals surface area contributed by atoms with Crippen molar-refractivity contribution in [1.82, 2.24) is 20.4 Å². The second-order valence-electron chi connectivity index (χ2n) is 6.21. The molecule has 0 spiro atoms. The van der Waals surface area contributed by atoms with Gasteiger partial charge >= 0.3 is 11.9 Å². The summed E-state index contributed by atoms with van der Waals surface area (Å²) in [6.07, 6.45) is -3.40. The van der Waals surface area contributed by atoms with Crippen LogP contribution in [0, 0.1) is 20.2 Å². The van der Waals surface area contributed by atoms with E-state index < -0.39 is 55.5 Å². The van der Waals surface area contributed by atoms with Gasteiger partial charge in [-0.1, -0.05) is 23.7 Å². The minimum Gasteiger partial charge on any atom is -0.318 e. The molecule has 0 bridgehead atoms. The molecular formula is C17H10ClF3N8O5. The highest BCUT2D eigenvalue weighted by atomic mass is 35.5. The van der Waals surface area contributed by atoms with Crippen LogP contribution in [0.5, 0.6) is 0 Å². The zero-order valence-electron chi connectivity index (χ0n) is 16.3. The summed E-state index contributed by atoms with van der Waals surface area (Å²) in [7, 11) is 0. The maximum absolute atomic E-state index is 12.8. The van der Waals surface area contributed by atoms with E-state index in [0.29, 0.717) is 12.3 Å². The summed E-state index contributed by atoms with van der Waals surface area (Å²) in [4.78, 5) is 44.1.